The Morgan fingerprint density at radius 3 is 2.56 bits per heavy atom. The molecule has 2 rings (SSSR count). The predicted octanol–water partition coefficient (Wildman–Crippen LogP) is 1.61. The number of rotatable bonds is 4. The summed E-state index contributed by atoms with van der Waals surface area (Å²) in [7, 11) is 0. The zero-order valence-corrected chi connectivity index (χ0v) is 10.7. The van der Waals surface area contributed by atoms with Crippen LogP contribution in [0.4, 0.5) is 0 Å². The Kier molecular flexibility index (Phi) is 4.20. The van der Waals surface area contributed by atoms with Crippen molar-refractivity contribution >= 4 is 5.91 Å². The second-order valence-corrected chi connectivity index (χ2v) is 4.85. The van der Waals surface area contributed by atoms with E-state index in [1.54, 1.807) is 12.1 Å². The van der Waals surface area contributed by atoms with Crippen molar-refractivity contribution in [3.8, 4) is 5.75 Å². The molecule has 0 spiro atoms. The summed E-state index contributed by atoms with van der Waals surface area (Å²) < 4.78 is 0. The Morgan fingerprint density at radius 1 is 1.33 bits per heavy atom. The molecular formula is C14H20N2O2. The Balaban J connectivity index is 1.82. The highest BCUT2D eigenvalue weighted by atomic mass is 16.3. The lowest BCUT2D eigenvalue weighted by molar-refractivity contribution is 0.0940. The van der Waals surface area contributed by atoms with Gasteiger partial charge in [-0.05, 0) is 57.1 Å². The third-order valence-corrected chi connectivity index (χ3v) is 3.45. The van der Waals surface area contributed by atoms with Gasteiger partial charge in [0.2, 0.25) is 0 Å². The number of aromatic hydroxyl groups is 1. The van der Waals surface area contributed by atoms with Crippen LogP contribution < -0.4 is 5.32 Å². The quantitative estimate of drug-likeness (QED) is 0.851. The van der Waals surface area contributed by atoms with Crippen molar-refractivity contribution in [2.75, 3.05) is 19.6 Å². The fourth-order valence-corrected chi connectivity index (χ4v) is 2.27. The third-order valence-electron chi connectivity index (χ3n) is 3.45. The van der Waals surface area contributed by atoms with E-state index >= 15 is 0 Å². The summed E-state index contributed by atoms with van der Waals surface area (Å²) in [5.74, 6) is 0.0954. The van der Waals surface area contributed by atoms with Gasteiger partial charge in [-0.1, -0.05) is 0 Å². The van der Waals surface area contributed by atoms with E-state index in [0.717, 1.165) is 13.1 Å². The van der Waals surface area contributed by atoms with E-state index in [2.05, 4.69) is 17.1 Å². The Hall–Kier alpha value is -1.55. The van der Waals surface area contributed by atoms with E-state index in [-0.39, 0.29) is 11.7 Å². The summed E-state index contributed by atoms with van der Waals surface area (Å²) in [5.41, 5.74) is 0.585. The fourth-order valence-electron chi connectivity index (χ4n) is 2.27. The van der Waals surface area contributed by atoms with Crippen LogP contribution in [0.5, 0.6) is 5.75 Å². The van der Waals surface area contributed by atoms with Crippen molar-refractivity contribution in [2.45, 2.75) is 25.8 Å². The Labute approximate surface area is 108 Å². The smallest absolute Gasteiger partial charge is 0.251 e. The van der Waals surface area contributed by atoms with Gasteiger partial charge in [-0.25, -0.2) is 0 Å². The number of likely N-dealkylation sites (tertiary alicyclic amines) is 1. The van der Waals surface area contributed by atoms with Crippen LogP contribution in [0.25, 0.3) is 0 Å². The SMILES string of the molecule is CC(CNC(=O)c1ccc(O)cc1)N1CCCC1. The number of benzene rings is 1. The van der Waals surface area contributed by atoms with Crippen LogP contribution >= 0.6 is 0 Å². The largest absolute Gasteiger partial charge is 0.508 e. The second-order valence-electron chi connectivity index (χ2n) is 4.85. The van der Waals surface area contributed by atoms with E-state index in [9.17, 15) is 4.79 Å². The average molecular weight is 248 g/mol. The first-order valence-electron chi connectivity index (χ1n) is 6.48. The van der Waals surface area contributed by atoms with Crippen LogP contribution in [0, 0.1) is 0 Å². The van der Waals surface area contributed by atoms with Crippen LogP contribution in [0.2, 0.25) is 0 Å². The molecule has 1 aromatic rings. The number of carbonyl (C=O) groups is 1. The normalized spacial score (nSPS) is 17.6. The monoisotopic (exact) mass is 248 g/mol. The number of phenolic OH excluding ortho intramolecular Hbond substituents is 1. The predicted molar refractivity (Wildman–Crippen MR) is 70.7 cm³/mol. The summed E-state index contributed by atoms with van der Waals surface area (Å²) in [6.07, 6.45) is 2.52. The maximum atomic E-state index is 11.9. The minimum absolute atomic E-state index is 0.0824. The Bertz CT molecular complexity index is 397. The molecule has 0 bridgehead atoms. The van der Waals surface area contributed by atoms with Crippen LogP contribution in [-0.2, 0) is 0 Å². The molecule has 4 nitrogen and oxygen atoms in total. The van der Waals surface area contributed by atoms with E-state index in [1.165, 1.54) is 25.0 Å². The number of hydrogen-bond acceptors (Lipinski definition) is 3. The van der Waals surface area contributed by atoms with Crippen LogP contribution in [0.1, 0.15) is 30.1 Å². The average Bonchev–Trinajstić information content (AvgIpc) is 2.90. The molecule has 1 amide bonds. The van der Waals surface area contributed by atoms with Gasteiger partial charge in [0.25, 0.3) is 5.91 Å². The highest BCUT2D eigenvalue weighted by Gasteiger charge is 2.18. The molecule has 0 saturated carbocycles. The number of carbonyl (C=O) groups excluding carboxylic acids is 1. The summed E-state index contributed by atoms with van der Waals surface area (Å²) >= 11 is 0. The van der Waals surface area contributed by atoms with Crippen molar-refractivity contribution < 1.29 is 9.90 Å². The minimum Gasteiger partial charge on any atom is -0.508 e. The lowest BCUT2D eigenvalue weighted by atomic mass is 10.2. The molecule has 1 unspecified atom stereocenters. The number of nitrogens with zero attached hydrogens (tertiary/aromatic N) is 1. The third kappa shape index (κ3) is 3.23. The van der Waals surface area contributed by atoms with Gasteiger partial charge < -0.3 is 10.4 Å². The van der Waals surface area contributed by atoms with E-state index < -0.39 is 0 Å². The molecular weight excluding hydrogens is 228 g/mol. The van der Waals surface area contributed by atoms with Crippen molar-refractivity contribution in [2.24, 2.45) is 0 Å². The molecule has 1 aromatic carbocycles. The summed E-state index contributed by atoms with van der Waals surface area (Å²) in [4.78, 5) is 14.3. The van der Waals surface area contributed by atoms with Crippen molar-refractivity contribution in [3.63, 3.8) is 0 Å². The molecule has 1 saturated heterocycles. The molecule has 98 valence electrons. The molecule has 1 fully saturated rings. The molecule has 0 radical (unpaired) electrons. The topological polar surface area (TPSA) is 52.6 Å². The zero-order valence-electron chi connectivity index (χ0n) is 10.7. The summed E-state index contributed by atoms with van der Waals surface area (Å²) in [6, 6.07) is 6.70. The highest BCUT2D eigenvalue weighted by Crippen LogP contribution is 2.12. The Morgan fingerprint density at radius 2 is 1.94 bits per heavy atom. The van der Waals surface area contributed by atoms with Crippen molar-refractivity contribution in [1.29, 1.82) is 0 Å². The molecule has 0 aliphatic carbocycles. The summed E-state index contributed by atoms with van der Waals surface area (Å²) in [6.45, 7) is 5.08. The molecule has 1 atom stereocenters. The van der Waals surface area contributed by atoms with Gasteiger partial charge >= 0.3 is 0 Å². The van der Waals surface area contributed by atoms with Crippen molar-refractivity contribution in [3.05, 3.63) is 29.8 Å². The number of nitrogens with one attached hydrogen (secondary N) is 1. The molecule has 2 N–H and O–H groups in total. The number of phenols is 1. The standard InChI is InChI=1S/C14H20N2O2/c1-11(16-8-2-3-9-16)10-15-14(18)12-4-6-13(17)7-5-12/h4-7,11,17H,2-3,8-10H2,1H3,(H,15,18). The van der Waals surface area contributed by atoms with Crippen LogP contribution in [-0.4, -0.2) is 41.6 Å². The van der Waals surface area contributed by atoms with Crippen molar-refractivity contribution in [1.82, 2.24) is 10.2 Å². The molecule has 1 heterocycles. The maximum Gasteiger partial charge on any atom is 0.251 e. The van der Waals surface area contributed by atoms with Gasteiger partial charge in [0.1, 0.15) is 5.75 Å². The minimum atomic E-state index is -0.0824. The van der Waals surface area contributed by atoms with Gasteiger partial charge in [0, 0.05) is 18.2 Å². The van der Waals surface area contributed by atoms with E-state index in [1.807, 2.05) is 0 Å². The maximum absolute atomic E-state index is 11.9. The fraction of sp³-hybridized carbons (Fsp3) is 0.500. The van der Waals surface area contributed by atoms with Gasteiger partial charge in [-0.3, -0.25) is 9.69 Å². The molecule has 1 aliphatic heterocycles. The number of amides is 1. The van der Waals surface area contributed by atoms with Gasteiger partial charge in [0.15, 0.2) is 0 Å². The lowest BCUT2D eigenvalue weighted by Crippen LogP contribution is -2.40. The van der Waals surface area contributed by atoms with Gasteiger partial charge in [0.05, 0.1) is 0 Å². The summed E-state index contributed by atoms with van der Waals surface area (Å²) in [5, 5.41) is 12.1. The number of hydrogen-bond donors (Lipinski definition) is 2. The molecule has 1 aliphatic rings. The molecule has 18 heavy (non-hydrogen) atoms. The van der Waals surface area contributed by atoms with E-state index in [0.29, 0.717) is 18.2 Å². The van der Waals surface area contributed by atoms with Gasteiger partial charge in [-0.2, -0.15) is 0 Å². The van der Waals surface area contributed by atoms with Gasteiger partial charge in [-0.15, -0.1) is 0 Å². The first-order valence-corrected chi connectivity index (χ1v) is 6.48. The molecule has 0 aromatic heterocycles. The first-order chi connectivity index (χ1) is 8.66. The molecule has 4 heteroatoms. The lowest BCUT2D eigenvalue weighted by Gasteiger charge is -2.23. The van der Waals surface area contributed by atoms with E-state index in [4.69, 9.17) is 5.11 Å². The van der Waals surface area contributed by atoms with Crippen LogP contribution in [0.3, 0.4) is 0 Å². The van der Waals surface area contributed by atoms with Crippen LogP contribution in [0.15, 0.2) is 24.3 Å². The highest BCUT2D eigenvalue weighted by molar-refractivity contribution is 5.94. The zero-order chi connectivity index (χ0) is 13.0. The second kappa shape index (κ2) is 5.87. The first kappa shape index (κ1) is 12.9.